The summed E-state index contributed by atoms with van der Waals surface area (Å²) in [6.45, 7) is 0. The molecule has 6 nitrogen and oxygen atoms in total. The van der Waals surface area contributed by atoms with Crippen LogP contribution in [0.3, 0.4) is 0 Å². The van der Waals surface area contributed by atoms with Crippen LogP contribution in [0.1, 0.15) is 0 Å². The highest BCUT2D eigenvalue weighted by Crippen LogP contribution is 2.30. The van der Waals surface area contributed by atoms with E-state index in [4.69, 9.17) is 27.6 Å². The Kier molecular flexibility index (Phi) is 3.56. The van der Waals surface area contributed by atoms with Gasteiger partial charge in [-0.15, -0.1) is 0 Å². The number of nitrogens with zero attached hydrogens (tertiary/aromatic N) is 2. The van der Waals surface area contributed by atoms with Gasteiger partial charge < -0.3 is 4.42 Å². The standard InChI is InChI=1S/C14H6Cl2N2O4/c15-7-1-4-12-10(5-7)14(19)22-13(17-12)9-6-8(18(20)21)2-3-11(9)16/h1-6H. The van der Waals surface area contributed by atoms with Crippen molar-refractivity contribution in [2.24, 2.45) is 0 Å². The zero-order valence-electron chi connectivity index (χ0n) is 10.7. The summed E-state index contributed by atoms with van der Waals surface area (Å²) in [5.74, 6) is -0.0893. The van der Waals surface area contributed by atoms with E-state index in [-0.39, 0.29) is 27.6 Å². The molecule has 0 unspecified atom stereocenters. The van der Waals surface area contributed by atoms with Gasteiger partial charge in [-0.1, -0.05) is 23.2 Å². The van der Waals surface area contributed by atoms with Crippen molar-refractivity contribution in [2.45, 2.75) is 0 Å². The van der Waals surface area contributed by atoms with Crippen LogP contribution in [0.15, 0.2) is 45.6 Å². The zero-order chi connectivity index (χ0) is 15.9. The lowest BCUT2D eigenvalue weighted by molar-refractivity contribution is -0.384. The first-order valence-corrected chi connectivity index (χ1v) is 6.76. The molecule has 0 aliphatic heterocycles. The van der Waals surface area contributed by atoms with E-state index < -0.39 is 10.5 Å². The number of nitro benzene ring substituents is 1. The number of rotatable bonds is 2. The van der Waals surface area contributed by atoms with Crippen LogP contribution in [0.25, 0.3) is 22.4 Å². The van der Waals surface area contributed by atoms with Crippen LogP contribution in [0.5, 0.6) is 0 Å². The van der Waals surface area contributed by atoms with Gasteiger partial charge in [0.1, 0.15) is 0 Å². The van der Waals surface area contributed by atoms with Crippen molar-refractivity contribution in [3.63, 3.8) is 0 Å². The number of aromatic nitrogens is 1. The molecule has 0 N–H and O–H groups in total. The molecule has 0 aliphatic rings. The summed E-state index contributed by atoms with van der Waals surface area (Å²) in [7, 11) is 0. The Bertz CT molecular complexity index is 969. The quantitative estimate of drug-likeness (QED) is 0.520. The average Bonchev–Trinajstić information content (AvgIpc) is 2.48. The molecular weight excluding hydrogens is 331 g/mol. The highest BCUT2D eigenvalue weighted by Gasteiger charge is 2.16. The Morgan fingerprint density at radius 1 is 1.14 bits per heavy atom. The fraction of sp³-hybridized carbons (Fsp3) is 0. The third-order valence-corrected chi connectivity index (χ3v) is 3.55. The van der Waals surface area contributed by atoms with Crippen molar-refractivity contribution in [3.05, 3.63) is 67.0 Å². The molecule has 0 aliphatic carbocycles. The van der Waals surface area contributed by atoms with E-state index in [9.17, 15) is 14.9 Å². The van der Waals surface area contributed by atoms with Gasteiger partial charge in [0.25, 0.3) is 5.69 Å². The Morgan fingerprint density at radius 3 is 2.64 bits per heavy atom. The minimum absolute atomic E-state index is 0.0893. The van der Waals surface area contributed by atoms with Crippen LogP contribution in [0.4, 0.5) is 5.69 Å². The fourth-order valence-corrected chi connectivity index (χ4v) is 2.32. The fourth-order valence-electron chi connectivity index (χ4n) is 1.95. The number of hydrogen-bond donors (Lipinski definition) is 0. The topological polar surface area (TPSA) is 86.2 Å². The van der Waals surface area contributed by atoms with Crippen LogP contribution >= 0.6 is 23.2 Å². The average molecular weight is 337 g/mol. The molecule has 3 rings (SSSR count). The smallest absolute Gasteiger partial charge is 0.347 e. The lowest BCUT2D eigenvalue weighted by Gasteiger charge is -2.04. The van der Waals surface area contributed by atoms with E-state index in [0.29, 0.717) is 10.5 Å². The number of hydrogen-bond acceptors (Lipinski definition) is 5. The number of fused-ring (bicyclic) bond motifs is 1. The van der Waals surface area contributed by atoms with Crippen LogP contribution in [-0.4, -0.2) is 9.91 Å². The number of benzene rings is 2. The van der Waals surface area contributed by atoms with Crippen LogP contribution in [-0.2, 0) is 0 Å². The number of nitro groups is 1. The summed E-state index contributed by atoms with van der Waals surface area (Å²) in [6, 6.07) is 8.38. The second kappa shape index (κ2) is 5.40. The predicted molar refractivity (Wildman–Crippen MR) is 82.4 cm³/mol. The minimum atomic E-state index is -0.648. The van der Waals surface area contributed by atoms with E-state index >= 15 is 0 Å². The summed E-state index contributed by atoms with van der Waals surface area (Å²) < 4.78 is 5.11. The van der Waals surface area contributed by atoms with Gasteiger partial charge in [0.15, 0.2) is 0 Å². The molecule has 0 bridgehead atoms. The molecule has 0 saturated carbocycles. The maximum atomic E-state index is 12.0. The molecule has 0 fully saturated rings. The Balaban J connectivity index is 2.27. The largest absolute Gasteiger partial charge is 0.403 e. The Labute approximate surface area is 133 Å². The summed E-state index contributed by atoms with van der Waals surface area (Å²) >= 11 is 11.8. The van der Waals surface area contributed by atoms with E-state index in [1.54, 1.807) is 12.1 Å². The molecule has 3 aromatic rings. The van der Waals surface area contributed by atoms with Crippen molar-refractivity contribution in [2.75, 3.05) is 0 Å². The number of non-ortho nitro benzene ring substituents is 1. The first-order valence-electron chi connectivity index (χ1n) is 6.00. The molecule has 110 valence electrons. The first kappa shape index (κ1) is 14.5. The van der Waals surface area contributed by atoms with Gasteiger partial charge >= 0.3 is 5.63 Å². The van der Waals surface area contributed by atoms with Gasteiger partial charge in [0, 0.05) is 17.2 Å². The molecule has 1 aromatic heterocycles. The SMILES string of the molecule is O=c1oc(-c2cc([N+](=O)[O-])ccc2Cl)nc2ccc(Cl)cc12. The minimum Gasteiger partial charge on any atom is -0.403 e. The first-order chi connectivity index (χ1) is 10.5. The molecule has 1 heterocycles. The van der Waals surface area contributed by atoms with Crippen molar-refractivity contribution < 1.29 is 9.34 Å². The van der Waals surface area contributed by atoms with Gasteiger partial charge in [0.05, 0.1) is 26.4 Å². The van der Waals surface area contributed by atoms with Crippen LogP contribution in [0, 0.1) is 10.1 Å². The highest BCUT2D eigenvalue weighted by molar-refractivity contribution is 6.33. The zero-order valence-corrected chi connectivity index (χ0v) is 12.3. The van der Waals surface area contributed by atoms with Crippen LogP contribution in [0.2, 0.25) is 10.0 Å². The summed E-state index contributed by atoms with van der Waals surface area (Å²) in [5, 5.41) is 11.6. The van der Waals surface area contributed by atoms with Gasteiger partial charge in [0.2, 0.25) is 5.89 Å². The monoisotopic (exact) mass is 336 g/mol. The van der Waals surface area contributed by atoms with E-state index in [1.807, 2.05) is 0 Å². The lowest BCUT2D eigenvalue weighted by Crippen LogP contribution is -2.03. The molecule has 0 atom stereocenters. The second-order valence-corrected chi connectivity index (χ2v) is 5.23. The maximum absolute atomic E-state index is 12.0. The Hall–Kier alpha value is -2.44. The molecule has 2 aromatic carbocycles. The van der Waals surface area contributed by atoms with Gasteiger partial charge in [-0.25, -0.2) is 9.78 Å². The van der Waals surface area contributed by atoms with E-state index in [0.717, 1.165) is 0 Å². The van der Waals surface area contributed by atoms with Gasteiger partial charge in [-0.05, 0) is 24.3 Å². The van der Waals surface area contributed by atoms with Crippen molar-refractivity contribution in [1.29, 1.82) is 0 Å². The predicted octanol–water partition coefficient (Wildman–Crippen LogP) is 4.07. The third-order valence-electron chi connectivity index (χ3n) is 2.98. The summed E-state index contributed by atoms with van der Waals surface area (Å²) in [5.41, 5.74) is -0.298. The summed E-state index contributed by atoms with van der Waals surface area (Å²) in [4.78, 5) is 26.5. The molecule has 0 saturated heterocycles. The molecule has 0 spiro atoms. The van der Waals surface area contributed by atoms with E-state index in [1.165, 1.54) is 24.3 Å². The molecule has 22 heavy (non-hydrogen) atoms. The lowest BCUT2D eigenvalue weighted by atomic mass is 10.2. The van der Waals surface area contributed by atoms with Crippen LogP contribution < -0.4 is 5.63 Å². The molecule has 0 amide bonds. The highest BCUT2D eigenvalue weighted by atomic mass is 35.5. The normalized spacial score (nSPS) is 10.8. The van der Waals surface area contributed by atoms with E-state index in [2.05, 4.69) is 4.98 Å². The van der Waals surface area contributed by atoms with Gasteiger partial charge in [-0.2, -0.15) is 0 Å². The molecule has 0 radical (unpaired) electrons. The van der Waals surface area contributed by atoms with Crippen molar-refractivity contribution in [3.8, 4) is 11.5 Å². The molecule has 8 heteroatoms. The maximum Gasteiger partial charge on any atom is 0.347 e. The summed E-state index contributed by atoms with van der Waals surface area (Å²) in [6.07, 6.45) is 0. The number of halogens is 2. The Morgan fingerprint density at radius 2 is 1.91 bits per heavy atom. The second-order valence-electron chi connectivity index (χ2n) is 4.39. The van der Waals surface area contributed by atoms with Gasteiger partial charge in [-0.3, -0.25) is 10.1 Å². The third kappa shape index (κ3) is 2.54. The van der Waals surface area contributed by atoms with Crippen molar-refractivity contribution in [1.82, 2.24) is 4.98 Å². The molecular formula is C14H6Cl2N2O4. The van der Waals surface area contributed by atoms with Crippen molar-refractivity contribution >= 4 is 39.8 Å².